The molecule has 170 valence electrons. The van der Waals surface area contributed by atoms with E-state index in [2.05, 4.69) is 20.9 Å². The van der Waals surface area contributed by atoms with Crippen LogP contribution < -0.4 is 16.0 Å². The summed E-state index contributed by atoms with van der Waals surface area (Å²) in [6, 6.07) is 4.56. The van der Waals surface area contributed by atoms with Crippen molar-refractivity contribution >= 4 is 54.1 Å². The number of piperazine rings is 1. The van der Waals surface area contributed by atoms with Gasteiger partial charge in [0.2, 0.25) is 17.7 Å². The highest BCUT2D eigenvalue weighted by Crippen LogP contribution is 2.32. The van der Waals surface area contributed by atoms with Crippen LogP contribution in [0.5, 0.6) is 0 Å². The van der Waals surface area contributed by atoms with Crippen molar-refractivity contribution in [1.29, 1.82) is 0 Å². The SMILES string of the molecule is Cl.Cl.O=C1CCC(N2Cc3c(NC(=O)CCN4CCNCC4)cccc3C2=O)C(=O)N1. The molecule has 0 radical (unpaired) electrons. The quantitative estimate of drug-likeness (QED) is 0.540. The average molecular weight is 472 g/mol. The molecule has 4 rings (SSSR count). The van der Waals surface area contributed by atoms with Crippen LogP contribution in [0, 0.1) is 0 Å². The molecule has 0 spiro atoms. The lowest BCUT2D eigenvalue weighted by Gasteiger charge is -2.29. The predicted molar refractivity (Wildman–Crippen MR) is 120 cm³/mol. The number of carbonyl (C=O) groups is 4. The van der Waals surface area contributed by atoms with Crippen LogP contribution in [0.3, 0.4) is 0 Å². The molecule has 2 saturated heterocycles. The first-order valence-electron chi connectivity index (χ1n) is 10.0. The van der Waals surface area contributed by atoms with Gasteiger partial charge in [0.15, 0.2) is 0 Å². The Morgan fingerprint density at radius 2 is 1.87 bits per heavy atom. The molecule has 0 aliphatic carbocycles. The van der Waals surface area contributed by atoms with E-state index >= 15 is 0 Å². The molecule has 9 nitrogen and oxygen atoms in total. The summed E-state index contributed by atoms with van der Waals surface area (Å²) in [6.07, 6.45) is 0.914. The van der Waals surface area contributed by atoms with Gasteiger partial charge in [-0.2, -0.15) is 0 Å². The van der Waals surface area contributed by atoms with E-state index < -0.39 is 11.9 Å². The second-order valence-corrected chi connectivity index (χ2v) is 7.62. The smallest absolute Gasteiger partial charge is 0.255 e. The van der Waals surface area contributed by atoms with Crippen molar-refractivity contribution in [2.45, 2.75) is 31.8 Å². The van der Waals surface area contributed by atoms with Gasteiger partial charge >= 0.3 is 0 Å². The minimum absolute atomic E-state index is 0. The van der Waals surface area contributed by atoms with E-state index in [4.69, 9.17) is 0 Å². The van der Waals surface area contributed by atoms with Crippen LogP contribution in [0.4, 0.5) is 5.69 Å². The fourth-order valence-electron chi connectivity index (χ4n) is 4.11. The number of fused-ring (bicyclic) bond motifs is 1. The maximum atomic E-state index is 12.8. The van der Waals surface area contributed by atoms with Gasteiger partial charge in [0.1, 0.15) is 6.04 Å². The Hall–Kier alpha value is -2.20. The van der Waals surface area contributed by atoms with Gasteiger partial charge in [0.25, 0.3) is 5.91 Å². The van der Waals surface area contributed by atoms with E-state index in [9.17, 15) is 19.2 Å². The molecule has 2 fully saturated rings. The first-order valence-corrected chi connectivity index (χ1v) is 10.0. The standard InChI is InChI=1S/C20H25N5O4.2ClH/c26-17-5-4-16(19(28)23-17)25-12-14-13(20(25)29)2-1-3-15(14)22-18(27)6-9-24-10-7-21-8-11-24;;/h1-3,16,21H,4-12H2,(H,22,27)(H,23,26,28);2*1H. The van der Waals surface area contributed by atoms with E-state index in [0.717, 1.165) is 31.7 Å². The Labute approximate surface area is 193 Å². The number of piperidine rings is 1. The molecule has 1 atom stereocenters. The minimum atomic E-state index is -0.663. The zero-order valence-corrected chi connectivity index (χ0v) is 18.7. The first-order chi connectivity index (χ1) is 14.0. The molecule has 3 aliphatic rings. The van der Waals surface area contributed by atoms with Crippen molar-refractivity contribution in [3.05, 3.63) is 29.3 Å². The maximum absolute atomic E-state index is 12.8. The molecule has 0 saturated carbocycles. The Morgan fingerprint density at radius 3 is 2.58 bits per heavy atom. The summed E-state index contributed by atoms with van der Waals surface area (Å²) in [4.78, 5) is 52.6. The summed E-state index contributed by atoms with van der Waals surface area (Å²) in [5.41, 5.74) is 1.82. The van der Waals surface area contributed by atoms with Gasteiger partial charge < -0.3 is 20.4 Å². The molecule has 0 aromatic heterocycles. The van der Waals surface area contributed by atoms with Gasteiger partial charge in [-0.25, -0.2) is 0 Å². The number of halogens is 2. The second kappa shape index (κ2) is 10.9. The third-order valence-electron chi connectivity index (χ3n) is 5.72. The summed E-state index contributed by atoms with van der Waals surface area (Å²) in [6.45, 7) is 4.68. The van der Waals surface area contributed by atoms with E-state index in [1.54, 1.807) is 18.2 Å². The number of amides is 4. The molecular weight excluding hydrogens is 445 g/mol. The molecule has 1 aromatic carbocycles. The van der Waals surface area contributed by atoms with E-state index in [1.807, 2.05) is 0 Å². The molecular formula is C20H27Cl2N5O4. The van der Waals surface area contributed by atoms with Crippen LogP contribution in [0.25, 0.3) is 0 Å². The number of nitrogens with zero attached hydrogens (tertiary/aromatic N) is 2. The van der Waals surface area contributed by atoms with Gasteiger partial charge in [-0.15, -0.1) is 24.8 Å². The van der Waals surface area contributed by atoms with Crippen molar-refractivity contribution < 1.29 is 19.2 Å². The Balaban J connectivity index is 0.00000171. The third kappa shape index (κ3) is 5.54. The Kier molecular flexibility index (Phi) is 8.81. The summed E-state index contributed by atoms with van der Waals surface area (Å²) in [7, 11) is 0. The summed E-state index contributed by atoms with van der Waals surface area (Å²) >= 11 is 0. The number of anilines is 1. The molecule has 1 aromatic rings. The topological polar surface area (TPSA) is 111 Å². The maximum Gasteiger partial charge on any atom is 0.255 e. The van der Waals surface area contributed by atoms with Crippen LogP contribution in [0.2, 0.25) is 0 Å². The van der Waals surface area contributed by atoms with Gasteiger partial charge in [-0.1, -0.05) is 6.07 Å². The highest BCUT2D eigenvalue weighted by atomic mass is 35.5. The van der Waals surface area contributed by atoms with Crippen molar-refractivity contribution in [2.75, 3.05) is 38.0 Å². The molecule has 3 heterocycles. The lowest BCUT2D eigenvalue weighted by atomic mass is 10.0. The van der Waals surface area contributed by atoms with Crippen molar-refractivity contribution in [1.82, 2.24) is 20.4 Å². The summed E-state index contributed by atoms with van der Waals surface area (Å²) in [5, 5.41) is 8.51. The third-order valence-corrected chi connectivity index (χ3v) is 5.72. The largest absolute Gasteiger partial charge is 0.326 e. The molecule has 3 aliphatic heterocycles. The monoisotopic (exact) mass is 471 g/mol. The number of carbonyl (C=O) groups excluding carboxylic acids is 4. The predicted octanol–water partition coefficient (Wildman–Crippen LogP) is 0.525. The van der Waals surface area contributed by atoms with Crippen molar-refractivity contribution in [3.63, 3.8) is 0 Å². The fourth-order valence-corrected chi connectivity index (χ4v) is 4.11. The van der Waals surface area contributed by atoms with Gasteiger partial charge in [-0.3, -0.25) is 24.5 Å². The summed E-state index contributed by atoms with van der Waals surface area (Å²) < 4.78 is 0. The number of nitrogens with one attached hydrogen (secondary N) is 3. The number of rotatable bonds is 5. The Bertz CT molecular complexity index is 860. The second-order valence-electron chi connectivity index (χ2n) is 7.62. The van der Waals surface area contributed by atoms with E-state index in [-0.39, 0.29) is 55.5 Å². The number of benzene rings is 1. The van der Waals surface area contributed by atoms with Crippen LogP contribution >= 0.6 is 24.8 Å². The molecule has 1 unspecified atom stereocenters. The van der Waals surface area contributed by atoms with Crippen LogP contribution in [-0.4, -0.2) is 72.2 Å². The Morgan fingerprint density at radius 1 is 1.13 bits per heavy atom. The molecule has 11 heteroatoms. The molecule has 0 bridgehead atoms. The summed E-state index contributed by atoms with van der Waals surface area (Å²) in [5.74, 6) is -1.09. The zero-order valence-electron chi connectivity index (χ0n) is 17.0. The molecule has 4 amide bonds. The van der Waals surface area contributed by atoms with E-state index in [1.165, 1.54) is 4.90 Å². The van der Waals surface area contributed by atoms with Crippen LogP contribution in [0.15, 0.2) is 18.2 Å². The number of imide groups is 1. The first kappa shape index (κ1) is 25.1. The van der Waals surface area contributed by atoms with Gasteiger partial charge in [0, 0.05) is 68.9 Å². The average Bonchev–Trinajstić information content (AvgIpc) is 3.05. The van der Waals surface area contributed by atoms with Crippen LogP contribution in [-0.2, 0) is 20.9 Å². The van der Waals surface area contributed by atoms with Crippen LogP contribution in [0.1, 0.15) is 35.2 Å². The fraction of sp³-hybridized carbons (Fsp3) is 0.500. The molecule has 31 heavy (non-hydrogen) atoms. The minimum Gasteiger partial charge on any atom is -0.326 e. The van der Waals surface area contributed by atoms with Gasteiger partial charge in [-0.05, 0) is 18.6 Å². The van der Waals surface area contributed by atoms with Gasteiger partial charge in [0.05, 0.1) is 0 Å². The van der Waals surface area contributed by atoms with E-state index in [0.29, 0.717) is 30.6 Å². The lowest BCUT2D eigenvalue weighted by molar-refractivity contribution is -0.137. The van der Waals surface area contributed by atoms with Crippen molar-refractivity contribution in [3.8, 4) is 0 Å². The lowest BCUT2D eigenvalue weighted by Crippen LogP contribution is -2.52. The number of hydrogen-bond acceptors (Lipinski definition) is 6. The number of hydrogen-bond donors (Lipinski definition) is 3. The van der Waals surface area contributed by atoms with Crippen molar-refractivity contribution in [2.24, 2.45) is 0 Å². The molecule has 3 N–H and O–H groups in total. The zero-order chi connectivity index (χ0) is 20.4. The normalized spacial score (nSPS) is 21.0. The highest BCUT2D eigenvalue weighted by molar-refractivity contribution is 6.06. The highest BCUT2D eigenvalue weighted by Gasteiger charge is 2.39.